The van der Waals surface area contributed by atoms with Crippen molar-refractivity contribution in [1.29, 1.82) is 0 Å². The van der Waals surface area contributed by atoms with Gasteiger partial charge in [-0.05, 0) is 46.0 Å². The number of carboxylic acids is 1. The lowest BCUT2D eigenvalue weighted by Gasteiger charge is -2.24. The van der Waals surface area contributed by atoms with Crippen molar-refractivity contribution in [2.45, 2.75) is 51.7 Å². The van der Waals surface area contributed by atoms with Crippen molar-refractivity contribution in [1.82, 2.24) is 5.32 Å². The first kappa shape index (κ1) is 12.5. The lowest BCUT2D eigenvalue weighted by molar-refractivity contribution is -0.141. The number of rotatable bonds is 3. The predicted molar refractivity (Wildman–Crippen MR) is 67.6 cm³/mol. The standard InChI is InChI=1S/C14H19NO4/c1-13(2,3)19-12(18)15-10(11(16)17)7-4-8-9-6-14(8,9)5-7/h7,10H,4-6H2,1-3H3,(H,15,18)(H,16,17)/t7-,10?,14?/m1/s1. The van der Waals surface area contributed by atoms with Crippen LogP contribution in [0.3, 0.4) is 0 Å². The molecule has 0 saturated heterocycles. The molecule has 0 aliphatic heterocycles. The van der Waals surface area contributed by atoms with E-state index in [1.807, 2.05) is 0 Å². The van der Waals surface area contributed by atoms with Crippen LogP contribution in [0.4, 0.5) is 4.79 Å². The molecule has 5 heteroatoms. The molecule has 3 aliphatic rings. The minimum atomic E-state index is -0.976. The zero-order valence-corrected chi connectivity index (χ0v) is 11.4. The number of carboxylic acid groups (broad SMARTS) is 1. The highest BCUT2D eigenvalue weighted by Gasteiger charge is 2.71. The van der Waals surface area contributed by atoms with Crippen molar-refractivity contribution in [3.63, 3.8) is 0 Å². The van der Waals surface area contributed by atoms with Crippen LogP contribution in [0.15, 0.2) is 11.1 Å². The van der Waals surface area contributed by atoms with E-state index in [1.54, 1.807) is 26.3 Å². The van der Waals surface area contributed by atoms with Gasteiger partial charge in [0.15, 0.2) is 0 Å². The maximum Gasteiger partial charge on any atom is 0.408 e. The third kappa shape index (κ3) is 2.01. The predicted octanol–water partition coefficient (Wildman–Crippen LogP) is 2.07. The monoisotopic (exact) mass is 265 g/mol. The van der Waals surface area contributed by atoms with E-state index >= 15 is 0 Å². The molecule has 2 N–H and O–H groups in total. The average molecular weight is 265 g/mol. The van der Waals surface area contributed by atoms with Gasteiger partial charge < -0.3 is 15.2 Å². The number of carbonyl (C=O) groups is 2. The molecule has 0 aromatic carbocycles. The van der Waals surface area contributed by atoms with E-state index in [4.69, 9.17) is 4.74 Å². The minimum Gasteiger partial charge on any atom is -0.480 e. The fourth-order valence-corrected chi connectivity index (χ4v) is 3.32. The lowest BCUT2D eigenvalue weighted by Crippen LogP contribution is -2.47. The maximum absolute atomic E-state index is 11.7. The van der Waals surface area contributed by atoms with Crippen molar-refractivity contribution < 1.29 is 19.4 Å². The Bertz CT molecular complexity index is 502. The first-order valence-electron chi connectivity index (χ1n) is 6.68. The quantitative estimate of drug-likeness (QED) is 0.766. The molecule has 19 heavy (non-hydrogen) atoms. The fraction of sp³-hybridized carbons (Fsp3) is 0.714. The van der Waals surface area contributed by atoms with Gasteiger partial charge in [-0.1, -0.05) is 11.1 Å². The summed E-state index contributed by atoms with van der Waals surface area (Å²) in [6, 6.07) is -0.841. The van der Waals surface area contributed by atoms with Gasteiger partial charge in [0, 0.05) is 5.41 Å². The zero-order chi connectivity index (χ0) is 14.0. The molecule has 0 aromatic heterocycles. The second kappa shape index (κ2) is 3.52. The van der Waals surface area contributed by atoms with E-state index in [0.29, 0.717) is 5.41 Å². The Hall–Kier alpha value is -1.52. The number of nitrogens with one attached hydrogen (secondary N) is 1. The first-order chi connectivity index (χ1) is 8.73. The van der Waals surface area contributed by atoms with Gasteiger partial charge in [0.25, 0.3) is 0 Å². The van der Waals surface area contributed by atoms with E-state index in [2.05, 4.69) is 5.32 Å². The normalized spacial score (nSPS) is 32.3. The number of allylic oxidation sites excluding steroid dienone is 2. The summed E-state index contributed by atoms with van der Waals surface area (Å²) in [6.45, 7) is 5.27. The summed E-state index contributed by atoms with van der Waals surface area (Å²) in [7, 11) is 0. The molecule has 104 valence electrons. The molecule has 0 bridgehead atoms. The van der Waals surface area contributed by atoms with Crippen LogP contribution in [0, 0.1) is 11.3 Å². The van der Waals surface area contributed by atoms with E-state index in [1.165, 1.54) is 5.57 Å². The Kier molecular flexibility index (Phi) is 2.32. The summed E-state index contributed by atoms with van der Waals surface area (Å²) in [5, 5.41) is 11.8. The third-order valence-corrected chi connectivity index (χ3v) is 4.30. The summed E-state index contributed by atoms with van der Waals surface area (Å²) < 4.78 is 5.13. The third-order valence-electron chi connectivity index (χ3n) is 4.30. The number of ether oxygens (including phenoxy) is 1. The van der Waals surface area contributed by atoms with Crippen LogP contribution in [-0.2, 0) is 9.53 Å². The Morgan fingerprint density at radius 1 is 1.42 bits per heavy atom. The molecule has 1 amide bonds. The van der Waals surface area contributed by atoms with Gasteiger partial charge in [-0.15, -0.1) is 0 Å². The molecule has 0 heterocycles. The molecule has 5 nitrogen and oxygen atoms in total. The molecule has 1 spiro atoms. The Morgan fingerprint density at radius 3 is 2.53 bits per heavy atom. The van der Waals surface area contributed by atoms with E-state index in [-0.39, 0.29) is 5.92 Å². The van der Waals surface area contributed by atoms with E-state index in [9.17, 15) is 14.7 Å². The van der Waals surface area contributed by atoms with Gasteiger partial charge in [0.05, 0.1) is 0 Å². The molecule has 2 saturated carbocycles. The van der Waals surface area contributed by atoms with E-state index in [0.717, 1.165) is 19.3 Å². The van der Waals surface area contributed by atoms with Crippen molar-refractivity contribution in [2.75, 3.05) is 0 Å². The summed E-state index contributed by atoms with van der Waals surface area (Å²) in [5.74, 6) is -0.970. The first-order valence-corrected chi connectivity index (χ1v) is 6.68. The van der Waals surface area contributed by atoms with Gasteiger partial charge in [-0.25, -0.2) is 9.59 Å². The number of hydrogen-bond donors (Lipinski definition) is 2. The number of amides is 1. The number of aliphatic carboxylic acids is 1. The van der Waals surface area contributed by atoms with Gasteiger partial charge in [0.2, 0.25) is 0 Å². The highest BCUT2D eigenvalue weighted by atomic mass is 16.6. The Morgan fingerprint density at radius 2 is 2.11 bits per heavy atom. The molecular weight excluding hydrogens is 246 g/mol. The average Bonchev–Trinajstić information content (AvgIpc) is 3.03. The topological polar surface area (TPSA) is 75.6 Å². The number of alkyl carbamates (subject to hydrolysis) is 1. The molecular formula is C14H19NO4. The van der Waals surface area contributed by atoms with E-state index < -0.39 is 23.7 Å². The van der Waals surface area contributed by atoms with Crippen LogP contribution in [0.25, 0.3) is 0 Å². The molecule has 0 radical (unpaired) electrons. The minimum absolute atomic E-state index is 0.00580. The van der Waals surface area contributed by atoms with Crippen LogP contribution in [0.5, 0.6) is 0 Å². The van der Waals surface area contributed by atoms with Crippen molar-refractivity contribution in [2.24, 2.45) is 11.3 Å². The smallest absolute Gasteiger partial charge is 0.408 e. The molecule has 3 rings (SSSR count). The summed E-state index contributed by atoms with van der Waals surface area (Å²) in [5.41, 5.74) is 2.70. The number of hydrogen-bond acceptors (Lipinski definition) is 3. The van der Waals surface area contributed by atoms with Crippen molar-refractivity contribution in [3.8, 4) is 0 Å². The van der Waals surface area contributed by atoms with Gasteiger partial charge in [0.1, 0.15) is 11.6 Å². The molecule has 2 fully saturated rings. The summed E-state index contributed by atoms with van der Waals surface area (Å²) in [6.07, 6.45) is 2.20. The molecule has 0 aromatic rings. The highest BCUT2D eigenvalue weighted by molar-refractivity contribution is 5.81. The highest BCUT2D eigenvalue weighted by Crippen LogP contribution is 2.82. The molecule has 3 aliphatic carbocycles. The SMILES string of the molecule is CC(C)(C)OC(=O)NC(C(=O)O)[C@@H]1CC2=C3CC23C1. The Balaban J connectivity index is 1.61. The van der Waals surface area contributed by atoms with Crippen molar-refractivity contribution >= 4 is 12.1 Å². The number of carbonyl (C=O) groups excluding carboxylic acids is 1. The fourth-order valence-electron chi connectivity index (χ4n) is 3.32. The Labute approximate surface area is 112 Å². The second-order valence-corrected chi connectivity index (χ2v) is 6.85. The van der Waals surface area contributed by atoms with Gasteiger partial charge in [-0.2, -0.15) is 0 Å². The molecule has 3 atom stereocenters. The van der Waals surface area contributed by atoms with Gasteiger partial charge >= 0.3 is 12.1 Å². The van der Waals surface area contributed by atoms with Gasteiger partial charge in [-0.3, -0.25) is 0 Å². The van der Waals surface area contributed by atoms with Crippen LogP contribution in [0.1, 0.15) is 40.0 Å². The zero-order valence-electron chi connectivity index (χ0n) is 11.4. The van der Waals surface area contributed by atoms with Crippen LogP contribution < -0.4 is 5.32 Å². The lowest BCUT2D eigenvalue weighted by atomic mass is 9.95. The molecule has 2 unspecified atom stereocenters. The second-order valence-electron chi connectivity index (χ2n) is 6.85. The van der Waals surface area contributed by atoms with Crippen LogP contribution >= 0.6 is 0 Å². The summed E-state index contributed by atoms with van der Waals surface area (Å²) in [4.78, 5) is 23.0. The van der Waals surface area contributed by atoms with Crippen LogP contribution in [-0.4, -0.2) is 28.8 Å². The van der Waals surface area contributed by atoms with Crippen LogP contribution in [0.2, 0.25) is 0 Å². The largest absolute Gasteiger partial charge is 0.480 e. The maximum atomic E-state index is 11.7. The van der Waals surface area contributed by atoms with Crippen molar-refractivity contribution in [3.05, 3.63) is 11.1 Å². The summed E-state index contributed by atoms with van der Waals surface area (Å²) >= 11 is 0.